The number of carboxylic acid groups (broad SMARTS) is 1. The molecule has 3 fully saturated rings. The molecule has 0 aromatic heterocycles. The monoisotopic (exact) mass is 302 g/mol. The second-order valence-corrected chi connectivity index (χ2v) is 5.78. The Kier molecular flexibility index (Phi) is 2.95. The zero-order valence-corrected chi connectivity index (χ0v) is 10.9. The molecular formula is C14H13F3O4. The van der Waals surface area contributed by atoms with E-state index in [4.69, 9.17) is 4.74 Å². The van der Waals surface area contributed by atoms with Gasteiger partial charge in [0.05, 0.1) is 18.6 Å². The lowest BCUT2D eigenvalue weighted by Gasteiger charge is -2.58. The first-order valence-corrected chi connectivity index (χ1v) is 6.42. The van der Waals surface area contributed by atoms with Gasteiger partial charge >= 0.3 is 12.3 Å². The summed E-state index contributed by atoms with van der Waals surface area (Å²) >= 11 is 0. The van der Waals surface area contributed by atoms with Crippen molar-refractivity contribution in [2.75, 3.05) is 13.2 Å². The van der Waals surface area contributed by atoms with Crippen LogP contribution in [0.25, 0.3) is 0 Å². The van der Waals surface area contributed by atoms with Crippen molar-refractivity contribution in [3.05, 3.63) is 29.8 Å². The molecule has 2 aliphatic heterocycles. The molecule has 0 spiro atoms. The molecule has 1 aromatic rings. The van der Waals surface area contributed by atoms with Crippen molar-refractivity contribution in [3.63, 3.8) is 0 Å². The summed E-state index contributed by atoms with van der Waals surface area (Å²) in [7, 11) is 0. The SMILES string of the molecule is O=C(O)C12COCC(c3ccc(OC(F)(F)F)cc3)(C1)C2. The van der Waals surface area contributed by atoms with Gasteiger partial charge in [-0.3, -0.25) is 4.79 Å². The van der Waals surface area contributed by atoms with Crippen LogP contribution in [0.4, 0.5) is 13.2 Å². The lowest BCUT2D eigenvalue weighted by Crippen LogP contribution is -2.62. The first kappa shape index (κ1) is 14.2. The molecule has 0 radical (unpaired) electrons. The van der Waals surface area contributed by atoms with E-state index in [1.165, 1.54) is 12.1 Å². The van der Waals surface area contributed by atoms with Crippen LogP contribution in [0.2, 0.25) is 0 Å². The Morgan fingerprint density at radius 2 is 1.81 bits per heavy atom. The number of halogens is 3. The van der Waals surface area contributed by atoms with Crippen molar-refractivity contribution in [2.45, 2.75) is 24.6 Å². The summed E-state index contributed by atoms with van der Waals surface area (Å²) in [5, 5.41) is 9.24. The molecule has 7 heteroatoms. The lowest BCUT2D eigenvalue weighted by atomic mass is 9.49. The summed E-state index contributed by atoms with van der Waals surface area (Å²) in [6.07, 6.45) is -3.81. The molecule has 4 rings (SSSR count). The quantitative estimate of drug-likeness (QED) is 0.932. The molecule has 3 aliphatic rings. The van der Waals surface area contributed by atoms with E-state index in [0.717, 1.165) is 5.56 Å². The van der Waals surface area contributed by atoms with Gasteiger partial charge in [-0.25, -0.2) is 0 Å². The standard InChI is InChI=1S/C14H13F3O4/c15-14(16,17)21-10-3-1-9(2-4-10)12-5-13(6-12,11(18)19)8-20-7-12/h1-4H,5-8H2,(H,18,19). The molecular weight excluding hydrogens is 289 g/mol. The van der Waals surface area contributed by atoms with Gasteiger partial charge in [0.2, 0.25) is 0 Å². The van der Waals surface area contributed by atoms with Crippen molar-refractivity contribution in [3.8, 4) is 5.75 Å². The average Bonchev–Trinajstić information content (AvgIpc) is 2.36. The summed E-state index contributed by atoms with van der Waals surface area (Å²) < 4.78 is 45.5. The van der Waals surface area contributed by atoms with Gasteiger partial charge < -0.3 is 14.6 Å². The van der Waals surface area contributed by atoms with Gasteiger partial charge in [-0.15, -0.1) is 13.2 Å². The number of aliphatic carboxylic acids is 1. The molecule has 21 heavy (non-hydrogen) atoms. The first-order chi connectivity index (χ1) is 9.75. The average molecular weight is 302 g/mol. The number of hydrogen-bond donors (Lipinski definition) is 1. The molecule has 2 saturated heterocycles. The van der Waals surface area contributed by atoms with E-state index in [1.54, 1.807) is 12.1 Å². The molecule has 0 amide bonds. The van der Waals surface area contributed by atoms with Gasteiger partial charge in [-0.2, -0.15) is 0 Å². The Bertz CT molecular complexity index is 559. The lowest BCUT2D eigenvalue weighted by molar-refractivity contribution is -0.274. The van der Waals surface area contributed by atoms with Crippen LogP contribution in [-0.4, -0.2) is 30.7 Å². The maximum atomic E-state index is 12.1. The predicted octanol–water partition coefficient (Wildman–Crippen LogP) is 2.72. The number of ether oxygens (including phenoxy) is 2. The van der Waals surface area contributed by atoms with Crippen molar-refractivity contribution in [2.24, 2.45) is 5.41 Å². The number of carboxylic acids is 1. The van der Waals surface area contributed by atoms with Crippen LogP contribution < -0.4 is 4.74 Å². The highest BCUT2D eigenvalue weighted by Gasteiger charge is 2.63. The van der Waals surface area contributed by atoms with Crippen molar-refractivity contribution in [1.29, 1.82) is 0 Å². The molecule has 4 nitrogen and oxygen atoms in total. The minimum atomic E-state index is -4.72. The van der Waals surface area contributed by atoms with Gasteiger partial charge in [0.1, 0.15) is 5.75 Å². The maximum Gasteiger partial charge on any atom is 0.573 e. The van der Waals surface area contributed by atoms with E-state index >= 15 is 0 Å². The fourth-order valence-corrected chi connectivity index (χ4v) is 3.40. The Morgan fingerprint density at radius 3 is 2.33 bits per heavy atom. The first-order valence-electron chi connectivity index (χ1n) is 6.42. The number of benzene rings is 1. The van der Waals surface area contributed by atoms with E-state index in [2.05, 4.69) is 4.74 Å². The third kappa shape index (κ3) is 2.35. The molecule has 0 unspecified atom stereocenters. The van der Waals surface area contributed by atoms with Crippen LogP contribution >= 0.6 is 0 Å². The van der Waals surface area contributed by atoms with Gasteiger partial charge in [-0.1, -0.05) is 12.1 Å². The molecule has 1 saturated carbocycles. The fraction of sp³-hybridized carbons (Fsp3) is 0.500. The van der Waals surface area contributed by atoms with E-state index in [0.29, 0.717) is 19.4 Å². The number of fused-ring (bicyclic) bond motifs is 2. The third-order valence-corrected chi connectivity index (χ3v) is 4.26. The fourth-order valence-electron chi connectivity index (χ4n) is 3.40. The zero-order chi connectivity index (χ0) is 15.3. The molecule has 2 heterocycles. The second-order valence-electron chi connectivity index (χ2n) is 5.78. The van der Waals surface area contributed by atoms with Gasteiger partial charge in [0, 0.05) is 5.41 Å². The summed E-state index contributed by atoms with van der Waals surface area (Å²) in [5.74, 6) is -1.17. The van der Waals surface area contributed by atoms with Crippen LogP contribution in [0.15, 0.2) is 24.3 Å². The van der Waals surface area contributed by atoms with Crippen LogP contribution in [0, 0.1) is 5.41 Å². The molecule has 0 atom stereocenters. The molecule has 1 N–H and O–H groups in total. The van der Waals surface area contributed by atoms with Gasteiger partial charge in [0.25, 0.3) is 0 Å². The van der Waals surface area contributed by atoms with Crippen LogP contribution in [0.5, 0.6) is 5.75 Å². The number of rotatable bonds is 3. The van der Waals surface area contributed by atoms with Gasteiger partial charge in [-0.05, 0) is 30.5 Å². The maximum absolute atomic E-state index is 12.1. The number of hydrogen-bond acceptors (Lipinski definition) is 3. The predicted molar refractivity (Wildman–Crippen MR) is 64.9 cm³/mol. The normalized spacial score (nSPS) is 31.4. The van der Waals surface area contributed by atoms with E-state index in [1.807, 2.05) is 0 Å². The Balaban J connectivity index is 1.78. The van der Waals surface area contributed by atoms with E-state index in [9.17, 15) is 23.1 Å². The minimum absolute atomic E-state index is 0.194. The second kappa shape index (κ2) is 4.37. The van der Waals surface area contributed by atoms with Crippen LogP contribution in [0.1, 0.15) is 18.4 Å². The van der Waals surface area contributed by atoms with Gasteiger partial charge in [0.15, 0.2) is 0 Å². The smallest absolute Gasteiger partial charge is 0.481 e. The number of alkyl halides is 3. The van der Waals surface area contributed by atoms with E-state index < -0.39 is 23.2 Å². The largest absolute Gasteiger partial charge is 0.573 e. The topological polar surface area (TPSA) is 55.8 Å². The van der Waals surface area contributed by atoms with Crippen molar-refractivity contribution in [1.82, 2.24) is 0 Å². The van der Waals surface area contributed by atoms with Crippen LogP contribution in [-0.2, 0) is 14.9 Å². The van der Waals surface area contributed by atoms with Crippen molar-refractivity contribution >= 4 is 5.97 Å². The summed E-state index contributed by atoms with van der Waals surface area (Å²) in [4.78, 5) is 11.3. The number of carbonyl (C=O) groups is 1. The third-order valence-electron chi connectivity index (χ3n) is 4.26. The molecule has 1 aliphatic carbocycles. The Labute approximate surface area is 118 Å². The zero-order valence-electron chi connectivity index (χ0n) is 10.9. The highest BCUT2D eigenvalue weighted by molar-refractivity contribution is 5.77. The highest BCUT2D eigenvalue weighted by atomic mass is 19.4. The molecule has 114 valence electrons. The van der Waals surface area contributed by atoms with Crippen molar-refractivity contribution < 1.29 is 32.5 Å². The summed E-state index contributed by atoms with van der Waals surface area (Å²) in [6.45, 7) is 0.584. The Hall–Kier alpha value is -1.76. The van der Waals surface area contributed by atoms with Crippen LogP contribution in [0.3, 0.4) is 0 Å². The summed E-state index contributed by atoms with van der Waals surface area (Å²) in [6, 6.07) is 5.57. The highest BCUT2D eigenvalue weighted by Crippen LogP contribution is 2.59. The summed E-state index contributed by atoms with van der Waals surface area (Å²) in [5.41, 5.74) is -0.471. The van der Waals surface area contributed by atoms with E-state index in [-0.39, 0.29) is 12.4 Å². The molecule has 1 aromatic carbocycles. The minimum Gasteiger partial charge on any atom is -0.481 e. The Morgan fingerprint density at radius 1 is 1.19 bits per heavy atom. The molecule has 2 bridgehead atoms.